The van der Waals surface area contributed by atoms with Crippen LogP contribution in [0.25, 0.3) is 0 Å². The molecule has 1 amide bonds. The Morgan fingerprint density at radius 1 is 1.36 bits per heavy atom. The Kier molecular flexibility index (Phi) is 4.89. The molecule has 1 aromatic heterocycles. The number of aromatic nitrogens is 2. The average Bonchev–Trinajstić information content (AvgIpc) is 3.10. The number of hydrogen-bond acceptors (Lipinski definition) is 5. The monoisotopic (exact) mass is 340 g/mol. The van der Waals surface area contributed by atoms with Crippen molar-refractivity contribution in [2.24, 2.45) is 0 Å². The molecular weight excluding hydrogens is 323 g/mol. The van der Waals surface area contributed by atoms with E-state index in [2.05, 4.69) is 15.3 Å². The van der Waals surface area contributed by atoms with E-state index in [1.165, 1.54) is 18.3 Å². The molecule has 25 heavy (non-hydrogen) atoms. The number of nitrogens with zero attached hydrogens (tertiary/aromatic N) is 3. The SMILES string of the molecule is N#Cc1nccc(C2(NC(=O)OCc3cccc(F)c3)CCCC2)n1. The van der Waals surface area contributed by atoms with Crippen LogP contribution in [0.15, 0.2) is 36.5 Å². The van der Waals surface area contributed by atoms with E-state index in [0.29, 0.717) is 24.1 Å². The fourth-order valence-corrected chi connectivity index (χ4v) is 3.11. The fraction of sp³-hybridized carbons (Fsp3) is 0.333. The predicted molar refractivity (Wildman–Crippen MR) is 86.6 cm³/mol. The van der Waals surface area contributed by atoms with Crippen molar-refractivity contribution >= 4 is 6.09 Å². The quantitative estimate of drug-likeness (QED) is 0.923. The molecule has 0 unspecified atom stereocenters. The van der Waals surface area contributed by atoms with Crippen molar-refractivity contribution in [3.8, 4) is 6.07 Å². The van der Waals surface area contributed by atoms with Crippen LogP contribution in [0.3, 0.4) is 0 Å². The van der Waals surface area contributed by atoms with Gasteiger partial charge in [0.1, 0.15) is 18.5 Å². The van der Waals surface area contributed by atoms with E-state index in [-0.39, 0.29) is 18.2 Å². The molecule has 1 N–H and O–H groups in total. The molecule has 128 valence electrons. The van der Waals surface area contributed by atoms with Crippen LogP contribution in [-0.2, 0) is 16.9 Å². The molecular formula is C18H17FN4O2. The van der Waals surface area contributed by atoms with Gasteiger partial charge in [-0.3, -0.25) is 0 Å². The molecule has 0 bridgehead atoms. The topological polar surface area (TPSA) is 87.9 Å². The zero-order valence-electron chi connectivity index (χ0n) is 13.5. The molecule has 0 spiro atoms. The summed E-state index contributed by atoms with van der Waals surface area (Å²) in [5.41, 5.74) is 0.525. The Morgan fingerprint density at radius 3 is 2.88 bits per heavy atom. The van der Waals surface area contributed by atoms with E-state index in [0.717, 1.165) is 12.8 Å². The number of carbonyl (C=O) groups excluding carboxylic acids is 1. The Labute approximate surface area is 144 Å². The first-order chi connectivity index (χ1) is 12.1. The highest BCUT2D eigenvalue weighted by Gasteiger charge is 2.39. The zero-order valence-corrected chi connectivity index (χ0v) is 13.5. The van der Waals surface area contributed by atoms with Crippen molar-refractivity contribution < 1.29 is 13.9 Å². The molecule has 1 heterocycles. The number of halogens is 1. The van der Waals surface area contributed by atoms with Crippen molar-refractivity contribution in [3.63, 3.8) is 0 Å². The summed E-state index contributed by atoms with van der Waals surface area (Å²) in [6.45, 7) is -0.0209. The van der Waals surface area contributed by atoms with Gasteiger partial charge in [0.25, 0.3) is 0 Å². The Morgan fingerprint density at radius 2 is 2.16 bits per heavy atom. The average molecular weight is 340 g/mol. The lowest BCUT2D eigenvalue weighted by Gasteiger charge is -2.29. The van der Waals surface area contributed by atoms with Crippen LogP contribution in [-0.4, -0.2) is 16.1 Å². The van der Waals surface area contributed by atoms with Gasteiger partial charge in [-0.1, -0.05) is 25.0 Å². The molecule has 6 nitrogen and oxygen atoms in total. The standard InChI is InChI=1S/C18H17FN4O2/c19-14-5-3-4-13(10-14)12-25-17(24)23-18(7-1-2-8-18)15-6-9-21-16(11-20)22-15/h3-6,9-10H,1-2,7-8,12H2,(H,23,24). The maximum atomic E-state index is 13.2. The van der Waals surface area contributed by atoms with Crippen LogP contribution >= 0.6 is 0 Å². The van der Waals surface area contributed by atoms with Gasteiger partial charge >= 0.3 is 6.09 Å². The molecule has 2 aromatic rings. The molecule has 1 aromatic carbocycles. The van der Waals surface area contributed by atoms with Crippen LogP contribution in [0.5, 0.6) is 0 Å². The number of carbonyl (C=O) groups is 1. The Balaban J connectivity index is 1.71. The molecule has 1 fully saturated rings. The summed E-state index contributed by atoms with van der Waals surface area (Å²) < 4.78 is 18.4. The second-order valence-corrected chi connectivity index (χ2v) is 6.00. The number of rotatable bonds is 4. The van der Waals surface area contributed by atoms with E-state index in [9.17, 15) is 9.18 Å². The van der Waals surface area contributed by atoms with E-state index in [1.807, 2.05) is 6.07 Å². The normalized spacial score (nSPS) is 15.4. The summed E-state index contributed by atoms with van der Waals surface area (Å²) in [7, 11) is 0. The van der Waals surface area contributed by atoms with Crippen molar-refractivity contribution in [1.29, 1.82) is 5.26 Å². The van der Waals surface area contributed by atoms with Gasteiger partial charge in [-0.15, -0.1) is 0 Å². The van der Waals surface area contributed by atoms with Gasteiger partial charge < -0.3 is 10.1 Å². The summed E-state index contributed by atoms with van der Waals surface area (Å²) in [6, 6.07) is 9.52. The second-order valence-electron chi connectivity index (χ2n) is 6.00. The summed E-state index contributed by atoms with van der Waals surface area (Å²) in [6.07, 6.45) is 4.23. The van der Waals surface area contributed by atoms with E-state index in [4.69, 9.17) is 10.00 Å². The van der Waals surface area contributed by atoms with Crippen LogP contribution in [0, 0.1) is 17.1 Å². The first-order valence-electron chi connectivity index (χ1n) is 8.04. The smallest absolute Gasteiger partial charge is 0.408 e. The Bertz CT molecular complexity index is 813. The first-order valence-corrected chi connectivity index (χ1v) is 8.04. The number of amides is 1. The number of ether oxygens (including phenoxy) is 1. The van der Waals surface area contributed by atoms with Gasteiger partial charge in [0.15, 0.2) is 0 Å². The molecule has 0 atom stereocenters. The van der Waals surface area contributed by atoms with E-state index in [1.54, 1.807) is 18.2 Å². The van der Waals surface area contributed by atoms with Crippen molar-refractivity contribution in [2.75, 3.05) is 0 Å². The third-order valence-corrected chi connectivity index (χ3v) is 4.30. The molecule has 1 aliphatic rings. The number of alkyl carbamates (subject to hydrolysis) is 1. The number of nitriles is 1. The number of hydrogen-bond donors (Lipinski definition) is 1. The summed E-state index contributed by atoms with van der Waals surface area (Å²) in [5, 5.41) is 11.9. The van der Waals surface area contributed by atoms with E-state index >= 15 is 0 Å². The highest BCUT2D eigenvalue weighted by molar-refractivity contribution is 5.68. The Hall–Kier alpha value is -3.01. The minimum absolute atomic E-state index is 0.0209. The van der Waals surface area contributed by atoms with Crippen molar-refractivity contribution in [3.05, 3.63) is 59.4 Å². The molecule has 3 rings (SSSR count). The first kappa shape index (κ1) is 16.8. The maximum absolute atomic E-state index is 13.2. The summed E-state index contributed by atoms with van der Waals surface area (Å²) >= 11 is 0. The molecule has 1 aliphatic carbocycles. The van der Waals surface area contributed by atoms with Gasteiger partial charge in [0, 0.05) is 6.20 Å². The minimum atomic E-state index is -0.659. The van der Waals surface area contributed by atoms with Crippen molar-refractivity contribution in [1.82, 2.24) is 15.3 Å². The number of benzene rings is 1. The van der Waals surface area contributed by atoms with Crippen LogP contribution < -0.4 is 5.32 Å². The lowest BCUT2D eigenvalue weighted by Crippen LogP contribution is -2.44. The van der Waals surface area contributed by atoms with Crippen LogP contribution in [0.2, 0.25) is 0 Å². The van der Waals surface area contributed by atoms with Crippen LogP contribution in [0.4, 0.5) is 9.18 Å². The van der Waals surface area contributed by atoms with Gasteiger partial charge in [0.2, 0.25) is 5.82 Å². The molecule has 7 heteroatoms. The second kappa shape index (κ2) is 7.26. The molecule has 1 saturated carbocycles. The fourth-order valence-electron chi connectivity index (χ4n) is 3.11. The van der Waals surface area contributed by atoms with Gasteiger partial charge in [-0.25, -0.2) is 19.2 Å². The maximum Gasteiger partial charge on any atom is 0.408 e. The minimum Gasteiger partial charge on any atom is -0.445 e. The third-order valence-electron chi connectivity index (χ3n) is 4.30. The van der Waals surface area contributed by atoms with Crippen LogP contribution in [0.1, 0.15) is 42.8 Å². The largest absolute Gasteiger partial charge is 0.445 e. The van der Waals surface area contributed by atoms with Gasteiger partial charge in [-0.2, -0.15) is 5.26 Å². The molecule has 0 saturated heterocycles. The third kappa shape index (κ3) is 3.91. The highest BCUT2D eigenvalue weighted by Crippen LogP contribution is 2.37. The lowest BCUT2D eigenvalue weighted by molar-refractivity contribution is 0.125. The summed E-state index contributed by atoms with van der Waals surface area (Å²) in [4.78, 5) is 20.4. The predicted octanol–water partition coefficient (Wildman–Crippen LogP) is 3.18. The highest BCUT2D eigenvalue weighted by atomic mass is 19.1. The number of nitrogens with one attached hydrogen (secondary N) is 1. The molecule has 0 aliphatic heterocycles. The zero-order chi connectivity index (χ0) is 17.7. The summed E-state index contributed by atoms with van der Waals surface area (Å²) in [5.74, 6) is -0.308. The van der Waals surface area contributed by atoms with E-state index < -0.39 is 11.6 Å². The molecule has 0 radical (unpaired) electrons. The van der Waals surface area contributed by atoms with Gasteiger partial charge in [-0.05, 0) is 36.6 Å². The lowest BCUT2D eigenvalue weighted by atomic mass is 9.93. The van der Waals surface area contributed by atoms with Gasteiger partial charge in [0.05, 0.1) is 11.2 Å². The van der Waals surface area contributed by atoms with Crippen molar-refractivity contribution in [2.45, 2.75) is 37.8 Å².